The Bertz CT molecular complexity index is 909. The zero-order valence-corrected chi connectivity index (χ0v) is 30.4. The Labute approximate surface area is 277 Å². The number of carbonyl (C=O) groups is 6. The summed E-state index contributed by atoms with van der Waals surface area (Å²) in [6.45, 7) is 16.8. The van der Waals surface area contributed by atoms with Gasteiger partial charge < -0.3 is 26.1 Å². The predicted molar refractivity (Wildman–Crippen MR) is 181 cm³/mol. The highest BCUT2D eigenvalue weighted by molar-refractivity contribution is 8.77. The molecule has 1 aliphatic heterocycles. The van der Waals surface area contributed by atoms with Crippen LogP contribution >= 0.6 is 43.2 Å². The van der Waals surface area contributed by atoms with Crippen molar-refractivity contribution in [3.8, 4) is 0 Å². The Morgan fingerprint density at radius 2 is 1.30 bits per heavy atom. The maximum absolute atomic E-state index is 11.8. The van der Waals surface area contributed by atoms with E-state index >= 15 is 0 Å². The Balaban J connectivity index is 0. The van der Waals surface area contributed by atoms with Crippen LogP contribution in [0.5, 0.6) is 0 Å². The van der Waals surface area contributed by atoms with Gasteiger partial charge in [0.05, 0.1) is 12.5 Å². The number of hydrogen-bond donors (Lipinski definition) is 4. The molecule has 0 saturated carbocycles. The number of hydrogen-bond acceptors (Lipinski definition) is 12. The van der Waals surface area contributed by atoms with Crippen LogP contribution in [0.4, 0.5) is 0 Å². The maximum atomic E-state index is 11.8. The van der Waals surface area contributed by atoms with Gasteiger partial charge in [-0.1, -0.05) is 105 Å². The molecule has 1 aliphatic rings. The molecular formula is C28H51N3O9S4. The molecule has 1 rings (SSSR count). The highest BCUT2D eigenvalue weighted by atomic mass is 33.1. The van der Waals surface area contributed by atoms with E-state index in [1.807, 2.05) is 6.92 Å². The largest absolute Gasteiger partial charge is 0.481 e. The number of rotatable bonds is 16. The van der Waals surface area contributed by atoms with Crippen LogP contribution in [-0.2, 0) is 33.6 Å². The van der Waals surface area contributed by atoms with Gasteiger partial charge in [-0.3, -0.25) is 24.0 Å². The van der Waals surface area contributed by atoms with Crippen LogP contribution in [0.15, 0.2) is 0 Å². The minimum Gasteiger partial charge on any atom is -0.481 e. The summed E-state index contributed by atoms with van der Waals surface area (Å²) >= 11 is 0. The number of carbonyl (C=O) groups excluding carboxylic acids is 4. The highest BCUT2D eigenvalue weighted by Gasteiger charge is 2.34. The van der Waals surface area contributed by atoms with Crippen molar-refractivity contribution in [3.63, 3.8) is 0 Å². The fraction of sp³-hybridized carbons (Fsp3) is 0.786. The Hall–Kier alpha value is -1.62. The maximum Gasteiger partial charge on any atom is 0.336 e. The van der Waals surface area contributed by atoms with E-state index in [0.29, 0.717) is 23.8 Å². The smallest absolute Gasteiger partial charge is 0.336 e. The number of nitrogens with two attached hydrogens (primary N) is 1. The van der Waals surface area contributed by atoms with Crippen LogP contribution in [-0.4, -0.2) is 85.0 Å². The van der Waals surface area contributed by atoms with Crippen molar-refractivity contribution < 1.29 is 43.8 Å². The van der Waals surface area contributed by atoms with Gasteiger partial charge in [0.15, 0.2) is 0 Å². The van der Waals surface area contributed by atoms with Gasteiger partial charge in [0.1, 0.15) is 0 Å². The molecule has 12 nitrogen and oxygen atoms in total. The quantitative estimate of drug-likeness (QED) is 0.0954. The van der Waals surface area contributed by atoms with Gasteiger partial charge in [0, 0.05) is 52.7 Å². The number of carboxylic acid groups (broad SMARTS) is 2. The standard InChI is InChI=1S/C14H27NO3S2.C12H19NO4S2.C2H5NO2/c1-11(10-19-20-14(2,3)4)13(18)15-9-7-5-6-8-12(16)17;1-8(7-18-19-12(2,3)4)11(16)17-13-9(14)5-6-10(13)15;3-1-2(4)5/h11H,5-10H2,1-4H3,(H,15,18)(H,16,17);8H,5-7H2,1-4H3;1,3H2,(H,4,5). The van der Waals surface area contributed by atoms with Gasteiger partial charge >= 0.3 is 17.9 Å². The van der Waals surface area contributed by atoms with Gasteiger partial charge in [-0.05, 0) is 12.8 Å². The first-order valence-electron chi connectivity index (χ1n) is 14.3. The molecule has 3 amide bonds. The molecule has 2 unspecified atom stereocenters. The normalized spacial score (nSPS) is 14.4. The van der Waals surface area contributed by atoms with Crippen LogP contribution in [0.2, 0.25) is 0 Å². The molecule has 16 heteroatoms. The molecule has 0 bridgehead atoms. The zero-order chi connectivity index (χ0) is 34.5. The van der Waals surface area contributed by atoms with Crippen molar-refractivity contribution in [2.24, 2.45) is 17.6 Å². The molecule has 1 fully saturated rings. The van der Waals surface area contributed by atoms with Crippen molar-refractivity contribution in [3.05, 3.63) is 0 Å². The second kappa shape index (κ2) is 23.7. The molecule has 0 aromatic heterocycles. The molecule has 44 heavy (non-hydrogen) atoms. The fourth-order valence-electron chi connectivity index (χ4n) is 2.57. The molecule has 0 aromatic carbocycles. The number of amides is 3. The topological polar surface area (TPSA) is 193 Å². The van der Waals surface area contributed by atoms with E-state index in [9.17, 15) is 28.8 Å². The van der Waals surface area contributed by atoms with Gasteiger partial charge in [-0.15, -0.1) is 5.06 Å². The summed E-state index contributed by atoms with van der Waals surface area (Å²) in [6, 6.07) is 0. The second-order valence-electron chi connectivity index (χ2n) is 11.8. The van der Waals surface area contributed by atoms with Crippen molar-refractivity contribution in [2.75, 3.05) is 24.6 Å². The second-order valence-corrected chi connectivity index (χ2v) is 18.2. The van der Waals surface area contributed by atoms with E-state index in [-0.39, 0.29) is 53.0 Å². The number of hydroxylamine groups is 2. The molecule has 5 N–H and O–H groups in total. The molecule has 0 aromatic rings. The average molecular weight is 702 g/mol. The summed E-state index contributed by atoms with van der Waals surface area (Å²) in [6.07, 6.45) is 2.82. The first kappa shape index (κ1) is 44.5. The van der Waals surface area contributed by atoms with Crippen molar-refractivity contribution >= 4 is 78.8 Å². The van der Waals surface area contributed by atoms with E-state index in [1.54, 1.807) is 50.1 Å². The molecule has 0 aliphatic carbocycles. The number of nitrogens with zero attached hydrogens (tertiary/aromatic N) is 1. The van der Waals surface area contributed by atoms with E-state index in [0.717, 1.165) is 18.6 Å². The van der Waals surface area contributed by atoms with Crippen molar-refractivity contribution in [1.82, 2.24) is 10.4 Å². The summed E-state index contributed by atoms with van der Waals surface area (Å²) in [5.41, 5.74) is 4.57. The molecule has 0 spiro atoms. The van der Waals surface area contributed by atoms with Crippen LogP contribution in [0, 0.1) is 11.8 Å². The van der Waals surface area contributed by atoms with Crippen molar-refractivity contribution in [1.29, 1.82) is 0 Å². The lowest BCUT2D eigenvalue weighted by Crippen LogP contribution is -2.34. The van der Waals surface area contributed by atoms with Crippen LogP contribution in [0.1, 0.15) is 93.9 Å². The SMILES string of the molecule is CC(CSSC(C)(C)C)C(=O)NCCCCCC(=O)O.CC(CSSC(C)(C)C)C(=O)ON1C(=O)CCC1=O.NCC(=O)O. The molecular weight excluding hydrogens is 651 g/mol. The number of carboxylic acids is 2. The lowest BCUT2D eigenvalue weighted by atomic mass is 10.2. The number of nitrogens with one attached hydrogen (secondary N) is 1. The number of aliphatic carboxylic acids is 2. The molecule has 0 radical (unpaired) electrons. The Morgan fingerprint density at radius 3 is 1.70 bits per heavy atom. The summed E-state index contributed by atoms with van der Waals surface area (Å²) in [4.78, 5) is 70.6. The van der Waals surface area contributed by atoms with Crippen LogP contribution in [0.25, 0.3) is 0 Å². The minimum absolute atomic E-state index is 0.00821. The third kappa shape index (κ3) is 26.8. The molecule has 256 valence electrons. The summed E-state index contributed by atoms with van der Waals surface area (Å²) in [5.74, 6) is -2.01. The van der Waals surface area contributed by atoms with E-state index in [4.69, 9.17) is 15.1 Å². The lowest BCUT2D eigenvalue weighted by molar-refractivity contribution is -0.199. The van der Waals surface area contributed by atoms with Gasteiger partial charge in [-0.25, -0.2) is 4.79 Å². The monoisotopic (exact) mass is 701 g/mol. The van der Waals surface area contributed by atoms with E-state index in [1.165, 1.54) is 0 Å². The first-order chi connectivity index (χ1) is 20.2. The Kier molecular flexibility index (Phi) is 24.0. The number of unbranched alkanes of at least 4 members (excludes halogenated alkanes) is 2. The van der Waals surface area contributed by atoms with Gasteiger partial charge in [-0.2, -0.15) is 0 Å². The van der Waals surface area contributed by atoms with Crippen LogP contribution < -0.4 is 11.1 Å². The van der Waals surface area contributed by atoms with Gasteiger partial charge in [0.25, 0.3) is 11.8 Å². The number of imide groups is 1. The van der Waals surface area contributed by atoms with Crippen LogP contribution in [0.3, 0.4) is 0 Å². The van der Waals surface area contributed by atoms with Gasteiger partial charge in [0.2, 0.25) is 5.91 Å². The highest BCUT2D eigenvalue weighted by Crippen LogP contribution is 2.37. The zero-order valence-electron chi connectivity index (χ0n) is 27.1. The molecule has 1 saturated heterocycles. The lowest BCUT2D eigenvalue weighted by Gasteiger charge is -2.19. The first-order valence-corrected chi connectivity index (χ1v) is 18.9. The van der Waals surface area contributed by atoms with E-state index in [2.05, 4.69) is 52.6 Å². The minimum atomic E-state index is -0.968. The van der Waals surface area contributed by atoms with E-state index < -0.39 is 29.7 Å². The molecule has 1 heterocycles. The Morgan fingerprint density at radius 1 is 0.841 bits per heavy atom. The fourth-order valence-corrected chi connectivity index (χ4v) is 7.86. The molecule has 2 atom stereocenters. The summed E-state index contributed by atoms with van der Waals surface area (Å²) in [7, 11) is 6.80. The van der Waals surface area contributed by atoms with Crippen molar-refractivity contribution in [2.45, 2.75) is 103 Å². The summed E-state index contributed by atoms with van der Waals surface area (Å²) < 4.78 is 0.334. The third-order valence-corrected chi connectivity index (χ3v) is 11.9. The predicted octanol–water partition coefficient (Wildman–Crippen LogP) is 5.00. The third-order valence-electron chi connectivity index (χ3n) is 4.83. The summed E-state index contributed by atoms with van der Waals surface area (Å²) in [5, 5.41) is 19.6. The average Bonchev–Trinajstić information content (AvgIpc) is 3.21.